The van der Waals surface area contributed by atoms with E-state index in [9.17, 15) is 13.2 Å². The molecule has 0 spiro atoms. The second-order valence-electron chi connectivity index (χ2n) is 5.05. The number of nitrogens with one attached hydrogen (secondary N) is 1. The molecular formula is C17H13F3N4OS. The second-order valence-corrected chi connectivity index (χ2v) is 6.12. The minimum Gasteiger partial charge on any atom is -0.406 e. The number of hydrogen-bond acceptors (Lipinski definition) is 6. The summed E-state index contributed by atoms with van der Waals surface area (Å²) in [7, 11) is 0. The first-order chi connectivity index (χ1) is 12.4. The number of hydrogen-bond donors (Lipinski definition) is 2. The molecule has 0 amide bonds. The number of ether oxygens (including phenoxy) is 1. The number of anilines is 3. The average Bonchev–Trinajstić information content (AvgIpc) is 2.60. The molecule has 0 aliphatic rings. The van der Waals surface area contributed by atoms with E-state index >= 15 is 0 Å². The van der Waals surface area contributed by atoms with Crippen LogP contribution < -0.4 is 15.8 Å². The number of nitrogens with zero attached hydrogens (tertiary/aromatic N) is 2. The highest BCUT2D eigenvalue weighted by Crippen LogP contribution is 2.34. The molecule has 0 saturated heterocycles. The third-order valence-electron chi connectivity index (χ3n) is 3.16. The van der Waals surface area contributed by atoms with Crippen molar-refractivity contribution in [2.75, 3.05) is 11.1 Å². The largest absolute Gasteiger partial charge is 0.573 e. The summed E-state index contributed by atoms with van der Waals surface area (Å²) in [6.45, 7) is 0. The normalized spacial score (nSPS) is 11.2. The van der Waals surface area contributed by atoms with Gasteiger partial charge in [0.15, 0.2) is 5.82 Å². The fourth-order valence-corrected chi connectivity index (χ4v) is 2.86. The maximum Gasteiger partial charge on any atom is 0.573 e. The van der Waals surface area contributed by atoms with E-state index in [0.717, 1.165) is 4.90 Å². The van der Waals surface area contributed by atoms with E-state index in [1.807, 2.05) is 30.3 Å². The van der Waals surface area contributed by atoms with Gasteiger partial charge in [-0.2, -0.15) is 0 Å². The van der Waals surface area contributed by atoms with Gasteiger partial charge in [-0.3, -0.25) is 0 Å². The van der Waals surface area contributed by atoms with Gasteiger partial charge in [0.2, 0.25) is 0 Å². The SMILES string of the molecule is Nc1c(Nc2ccc(OC(F)(F)F)cc2)ncnc1Sc1ccccc1. The number of nitrogen functional groups attached to an aromatic ring is 1. The minimum absolute atomic E-state index is 0.306. The van der Waals surface area contributed by atoms with Crippen molar-refractivity contribution in [1.82, 2.24) is 9.97 Å². The summed E-state index contributed by atoms with van der Waals surface area (Å²) in [6, 6.07) is 14.9. The van der Waals surface area contributed by atoms with Gasteiger partial charge in [-0.25, -0.2) is 9.97 Å². The molecular weight excluding hydrogens is 365 g/mol. The average molecular weight is 378 g/mol. The van der Waals surface area contributed by atoms with Gasteiger partial charge in [-0.05, 0) is 36.4 Å². The molecule has 0 radical (unpaired) electrons. The number of aromatic nitrogens is 2. The van der Waals surface area contributed by atoms with Crippen LogP contribution in [0.4, 0.5) is 30.4 Å². The maximum atomic E-state index is 12.2. The van der Waals surface area contributed by atoms with Crippen LogP contribution in [0.1, 0.15) is 0 Å². The first kappa shape index (κ1) is 17.9. The summed E-state index contributed by atoms with van der Waals surface area (Å²) < 4.78 is 40.4. The zero-order valence-electron chi connectivity index (χ0n) is 13.2. The molecule has 3 N–H and O–H groups in total. The third-order valence-corrected chi connectivity index (χ3v) is 4.18. The van der Waals surface area contributed by atoms with Crippen molar-refractivity contribution in [3.8, 4) is 5.75 Å². The smallest absolute Gasteiger partial charge is 0.406 e. The molecule has 9 heteroatoms. The Labute approximate surface area is 151 Å². The van der Waals surface area contributed by atoms with Crippen molar-refractivity contribution >= 4 is 29.0 Å². The van der Waals surface area contributed by atoms with Crippen LogP contribution in [-0.4, -0.2) is 16.3 Å². The van der Waals surface area contributed by atoms with Gasteiger partial charge >= 0.3 is 6.36 Å². The van der Waals surface area contributed by atoms with E-state index in [4.69, 9.17) is 5.73 Å². The summed E-state index contributed by atoms with van der Waals surface area (Å²) in [4.78, 5) is 9.23. The van der Waals surface area contributed by atoms with Gasteiger partial charge in [0, 0.05) is 10.6 Å². The lowest BCUT2D eigenvalue weighted by Crippen LogP contribution is -2.17. The summed E-state index contributed by atoms with van der Waals surface area (Å²) >= 11 is 1.39. The molecule has 134 valence electrons. The van der Waals surface area contributed by atoms with Gasteiger partial charge in [0.1, 0.15) is 22.8 Å². The van der Waals surface area contributed by atoms with Crippen molar-refractivity contribution in [3.05, 3.63) is 60.9 Å². The number of benzene rings is 2. The first-order valence-electron chi connectivity index (χ1n) is 7.37. The van der Waals surface area contributed by atoms with Crippen molar-refractivity contribution < 1.29 is 17.9 Å². The van der Waals surface area contributed by atoms with Crippen LogP contribution in [-0.2, 0) is 0 Å². The third kappa shape index (κ3) is 4.79. The van der Waals surface area contributed by atoms with Crippen LogP contribution in [0.25, 0.3) is 0 Å². The summed E-state index contributed by atoms with van der Waals surface area (Å²) in [5, 5.41) is 3.54. The molecule has 0 fully saturated rings. The topological polar surface area (TPSA) is 73.1 Å². The maximum absolute atomic E-state index is 12.2. The molecule has 0 bridgehead atoms. The first-order valence-corrected chi connectivity index (χ1v) is 8.18. The second kappa shape index (κ2) is 7.52. The van der Waals surface area contributed by atoms with Crippen LogP contribution in [0.2, 0.25) is 0 Å². The van der Waals surface area contributed by atoms with Crippen LogP contribution in [0.5, 0.6) is 5.75 Å². The quantitative estimate of drug-likeness (QED) is 0.618. The molecule has 0 aliphatic heterocycles. The Morgan fingerprint density at radius 2 is 1.65 bits per heavy atom. The van der Waals surface area contributed by atoms with Crippen LogP contribution >= 0.6 is 11.8 Å². The molecule has 0 unspecified atom stereocenters. The van der Waals surface area contributed by atoms with Crippen molar-refractivity contribution in [1.29, 1.82) is 0 Å². The lowest BCUT2D eigenvalue weighted by Gasteiger charge is -2.12. The molecule has 26 heavy (non-hydrogen) atoms. The monoisotopic (exact) mass is 378 g/mol. The van der Waals surface area contributed by atoms with Crippen molar-refractivity contribution in [2.45, 2.75) is 16.3 Å². The minimum atomic E-state index is -4.73. The summed E-state index contributed by atoms with van der Waals surface area (Å²) in [5.41, 5.74) is 6.97. The summed E-state index contributed by atoms with van der Waals surface area (Å²) in [5.74, 6) is 0.0574. The molecule has 0 atom stereocenters. The Kier molecular flexibility index (Phi) is 5.17. The Bertz CT molecular complexity index is 873. The van der Waals surface area contributed by atoms with Crippen molar-refractivity contribution in [3.63, 3.8) is 0 Å². The Morgan fingerprint density at radius 1 is 0.962 bits per heavy atom. The zero-order chi connectivity index (χ0) is 18.6. The lowest BCUT2D eigenvalue weighted by atomic mass is 10.3. The molecule has 3 rings (SSSR count). The van der Waals surface area contributed by atoms with E-state index in [1.165, 1.54) is 42.4 Å². The van der Waals surface area contributed by atoms with E-state index in [1.54, 1.807) is 0 Å². The fourth-order valence-electron chi connectivity index (χ4n) is 2.04. The van der Waals surface area contributed by atoms with Crippen LogP contribution in [0.3, 0.4) is 0 Å². The highest BCUT2D eigenvalue weighted by atomic mass is 32.2. The molecule has 3 aromatic rings. The molecule has 5 nitrogen and oxygen atoms in total. The number of nitrogens with two attached hydrogens (primary N) is 1. The number of rotatable bonds is 5. The lowest BCUT2D eigenvalue weighted by molar-refractivity contribution is -0.274. The molecule has 1 aromatic heterocycles. The molecule has 2 aromatic carbocycles. The predicted octanol–water partition coefficient (Wildman–Crippen LogP) is 4.85. The predicted molar refractivity (Wildman–Crippen MR) is 93.4 cm³/mol. The Balaban J connectivity index is 1.75. The standard InChI is InChI=1S/C17H13F3N4OS/c18-17(19,20)25-12-8-6-11(7-9-12)24-15-14(21)16(23-10-22-15)26-13-4-2-1-3-5-13/h1-10H,21H2,(H,22,23,24). The highest BCUT2D eigenvalue weighted by Gasteiger charge is 2.30. The van der Waals surface area contributed by atoms with Gasteiger partial charge < -0.3 is 15.8 Å². The van der Waals surface area contributed by atoms with E-state index in [-0.39, 0.29) is 5.75 Å². The molecule has 1 heterocycles. The van der Waals surface area contributed by atoms with E-state index < -0.39 is 6.36 Å². The number of halogens is 3. The van der Waals surface area contributed by atoms with Gasteiger partial charge in [0.05, 0.1) is 0 Å². The van der Waals surface area contributed by atoms with Crippen molar-refractivity contribution in [2.24, 2.45) is 0 Å². The van der Waals surface area contributed by atoms with E-state index in [2.05, 4.69) is 20.0 Å². The zero-order valence-corrected chi connectivity index (χ0v) is 14.0. The fraction of sp³-hybridized carbons (Fsp3) is 0.0588. The Hall–Kier alpha value is -2.94. The Morgan fingerprint density at radius 3 is 2.31 bits per heavy atom. The summed E-state index contributed by atoms with van der Waals surface area (Å²) in [6.07, 6.45) is -3.36. The molecule has 0 aliphatic carbocycles. The van der Waals surface area contributed by atoms with Gasteiger partial charge in [-0.1, -0.05) is 30.0 Å². The number of alkyl halides is 3. The molecule has 0 saturated carbocycles. The van der Waals surface area contributed by atoms with Gasteiger partial charge in [0.25, 0.3) is 0 Å². The van der Waals surface area contributed by atoms with Crippen LogP contribution in [0, 0.1) is 0 Å². The van der Waals surface area contributed by atoms with Gasteiger partial charge in [-0.15, -0.1) is 13.2 Å². The van der Waals surface area contributed by atoms with Crippen LogP contribution in [0.15, 0.2) is 70.8 Å². The highest BCUT2D eigenvalue weighted by molar-refractivity contribution is 7.99. The van der Waals surface area contributed by atoms with E-state index in [0.29, 0.717) is 22.2 Å².